The average molecular weight is 635 g/mol. The van der Waals surface area contributed by atoms with Crippen molar-refractivity contribution in [3.05, 3.63) is 146 Å². The zero-order valence-corrected chi connectivity index (χ0v) is 25.7. The van der Waals surface area contributed by atoms with Crippen molar-refractivity contribution in [1.82, 2.24) is 14.3 Å². The largest absolute Gasteiger partial charge is 0.458 e. The summed E-state index contributed by atoms with van der Waals surface area (Å²) in [6.07, 6.45) is 4.99. The van der Waals surface area contributed by atoms with Gasteiger partial charge in [-0.05, 0) is 67.1 Å². The number of hydrogen-bond donors (Lipinski definition) is 0. The van der Waals surface area contributed by atoms with E-state index < -0.39 is 18.0 Å². The third kappa shape index (κ3) is 6.00. The monoisotopic (exact) mass is 634 g/mol. The molecular formula is C35H27FN4O5S. The SMILES string of the molecule is C=CCOC(=O)C1=C(C)N=c2sc(=Cc3cn(-c4ccccc4)nc3-c3ccc(F)cc3)c(=O)n2C1c1ccc(OC(C)=O)cc1. The molecule has 0 radical (unpaired) electrons. The van der Waals surface area contributed by atoms with Crippen molar-refractivity contribution < 1.29 is 23.5 Å². The molecule has 0 N–H and O–H groups in total. The van der Waals surface area contributed by atoms with Gasteiger partial charge in [0.15, 0.2) is 4.80 Å². The van der Waals surface area contributed by atoms with Gasteiger partial charge in [-0.1, -0.05) is 54.3 Å². The number of benzene rings is 3. The lowest BCUT2D eigenvalue weighted by molar-refractivity contribution is -0.138. The molecule has 0 aliphatic carbocycles. The molecule has 2 aromatic heterocycles. The van der Waals surface area contributed by atoms with Crippen LogP contribution in [0.5, 0.6) is 5.75 Å². The van der Waals surface area contributed by atoms with Gasteiger partial charge in [0.25, 0.3) is 5.56 Å². The summed E-state index contributed by atoms with van der Waals surface area (Å²) < 4.78 is 27.9. The van der Waals surface area contributed by atoms with Gasteiger partial charge in [-0.15, -0.1) is 0 Å². The maximum absolute atomic E-state index is 14.2. The first kappa shape index (κ1) is 30.4. The minimum absolute atomic E-state index is 0.0181. The third-order valence-corrected chi connectivity index (χ3v) is 8.18. The number of hydrogen-bond acceptors (Lipinski definition) is 8. The maximum Gasteiger partial charge on any atom is 0.338 e. The fourth-order valence-corrected chi connectivity index (χ4v) is 6.21. The molecule has 1 aliphatic heterocycles. The molecule has 0 spiro atoms. The first-order chi connectivity index (χ1) is 22.2. The highest BCUT2D eigenvalue weighted by atomic mass is 32.1. The Labute approximate surface area is 266 Å². The van der Waals surface area contributed by atoms with E-state index in [4.69, 9.17) is 14.6 Å². The summed E-state index contributed by atoms with van der Waals surface area (Å²) in [6.45, 7) is 6.59. The number of ether oxygens (including phenoxy) is 2. The van der Waals surface area contributed by atoms with Crippen LogP contribution in [0.15, 0.2) is 119 Å². The van der Waals surface area contributed by atoms with E-state index in [1.54, 1.807) is 60.3 Å². The first-order valence-electron chi connectivity index (χ1n) is 14.2. The molecule has 0 bridgehead atoms. The van der Waals surface area contributed by atoms with Crippen LogP contribution in [0.4, 0.5) is 4.39 Å². The van der Waals surface area contributed by atoms with Gasteiger partial charge in [-0.25, -0.2) is 18.9 Å². The summed E-state index contributed by atoms with van der Waals surface area (Å²) in [5, 5.41) is 4.78. The molecule has 0 saturated heterocycles. The highest BCUT2D eigenvalue weighted by Crippen LogP contribution is 2.32. The van der Waals surface area contributed by atoms with Crippen LogP contribution in [0.2, 0.25) is 0 Å². The van der Waals surface area contributed by atoms with Crippen molar-refractivity contribution >= 4 is 29.4 Å². The maximum atomic E-state index is 14.2. The molecule has 5 aromatic rings. The minimum Gasteiger partial charge on any atom is -0.458 e. The number of halogens is 1. The molecule has 3 heterocycles. The summed E-state index contributed by atoms with van der Waals surface area (Å²) in [7, 11) is 0. The molecule has 1 atom stereocenters. The van der Waals surface area contributed by atoms with Crippen molar-refractivity contribution in [2.75, 3.05) is 6.61 Å². The van der Waals surface area contributed by atoms with E-state index in [9.17, 15) is 18.8 Å². The lowest BCUT2D eigenvalue weighted by Crippen LogP contribution is -2.39. The molecule has 6 rings (SSSR count). The molecule has 46 heavy (non-hydrogen) atoms. The molecule has 11 heteroatoms. The van der Waals surface area contributed by atoms with Crippen LogP contribution in [0, 0.1) is 5.82 Å². The molecule has 3 aromatic carbocycles. The van der Waals surface area contributed by atoms with Gasteiger partial charge in [0.1, 0.15) is 23.9 Å². The Morgan fingerprint density at radius 2 is 1.76 bits per heavy atom. The predicted octanol–water partition coefficient (Wildman–Crippen LogP) is 4.88. The molecule has 0 amide bonds. The van der Waals surface area contributed by atoms with Crippen molar-refractivity contribution in [2.24, 2.45) is 4.99 Å². The Morgan fingerprint density at radius 1 is 1.04 bits per heavy atom. The van der Waals surface area contributed by atoms with Gasteiger partial charge in [0.05, 0.1) is 27.5 Å². The van der Waals surface area contributed by atoms with Gasteiger partial charge in [-0.3, -0.25) is 14.2 Å². The zero-order valence-electron chi connectivity index (χ0n) is 24.8. The Bertz CT molecular complexity index is 2180. The second kappa shape index (κ2) is 12.7. The topological polar surface area (TPSA) is 105 Å². The minimum atomic E-state index is -0.870. The fourth-order valence-electron chi connectivity index (χ4n) is 5.17. The Kier molecular flexibility index (Phi) is 8.41. The zero-order chi connectivity index (χ0) is 32.4. The highest BCUT2D eigenvalue weighted by molar-refractivity contribution is 7.07. The average Bonchev–Trinajstić information content (AvgIpc) is 3.60. The number of esters is 2. The van der Waals surface area contributed by atoms with Crippen molar-refractivity contribution in [3.8, 4) is 22.7 Å². The van der Waals surface area contributed by atoms with Crippen molar-refractivity contribution in [2.45, 2.75) is 19.9 Å². The normalized spacial score (nSPS) is 14.4. The molecule has 1 unspecified atom stereocenters. The summed E-state index contributed by atoms with van der Waals surface area (Å²) in [5.74, 6) is -1.16. The predicted molar refractivity (Wildman–Crippen MR) is 172 cm³/mol. The van der Waals surface area contributed by atoms with E-state index in [1.165, 1.54) is 41.0 Å². The standard InChI is InChI=1S/C35H27FN4O5S/c1-4-18-44-34(43)30-21(2)37-35-40(32(30)24-12-16-28(17-13-24)45-22(3)41)33(42)29(46-35)19-25-20-39(27-8-6-5-7-9-27)38-31(25)23-10-14-26(36)15-11-23/h4-17,19-20,32H,1,18H2,2-3H3. The smallest absolute Gasteiger partial charge is 0.338 e. The van der Waals surface area contributed by atoms with E-state index >= 15 is 0 Å². The molecule has 0 fully saturated rings. The van der Waals surface area contributed by atoms with E-state index in [0.717, 1.165) is 5.69 Å². The van der Waals surface area contributed by atoms with Gasteiger partial charge in [0, 0.05) is 24.2 Å². The summed E-state index contributed by atoms with van der Waals surface area (Å²) in [4.78, 5) is 44.1. The van der Waals surface area contributed by atoms with E-state index in [2.05, 4.69) is 11.6 Å². The van der Waals surface area contributed by atoms with Crippen LogP contribution in [-0.2, 0) is 14.3 Å². The van der Waals surface area contributed by atoms with Crippen LogP contribution < -0.4 is 19.6 Å². The lowest BCUT2D eigenvalue weighted by atomic mass is 9.96. The summed E-state index contributed by atoms with van der Waals surface area (Å²) >= 11 is 1.17. The van der Waals surface area contributed by atoms with Crippen molar-refractivity contribution in [3.63, 3.8) is 0 Å². The fraction of sp³-hybridized carbons (Fsp3) is 0.114. The van der Waals surface area contributed by atoms with Crippen LogP contribution in [0.25, 0.3) is 23.0 Å². The highest BCUT2D eigenvalue weighted by Gasteiger charge is 2.33. The van der Waals surface area contributed by atoms with Crippen LogP contribution in [0.1, 0.15) is 31.0 Å². The van der Waals surface area contributed by atoms with E-state index in [-0.39, 0.29) is 23.6 Å². The molecular weight excluding hydrogens is 607 g/mol. The van der Waals surface area contributed by atoms with Gasteiger partial charge in [-0.2, -0.15) is 5.10 Å². The number of aromatic nitrogens is 3. The van der Waals surface area contributed by atoms with Crippen molar-refractivity contribution in [1.29, 1.82) is 0 Å². The Hall–Kier alpha value is -5.68. The number of nitrogens with zero attached hydrogens (tertiary/aromatic N) is 4. The Morgan fingerprint density at radius 3 is 2.43 bits per heavy atom. The van der Waals surface area contributed by atoms with Gasteiger partial charge in [0.2, 0.25) is 0 Å². The summed E-state index contributed by atoms with van der Waals surface area (Å²) in [5.41, 5.74) is 3.47. The number of para-hydroxylation sites is 1. The number of allylic oxidation sites excluding steroid dienone is 1. The van der Waals surface area contributed by atoms with Crippen LogP contribution in [-0.4, -0.2) is 32.9 Å². The second-order valence-corrected chi connectivity index (χ2v) is 11.4. The molecule has 230 valence electrons. The van der Waals surface area contributed by atoms with E-state index in [0.29, 0.717) is 43.2 Å². The number of carbonyl (C=O) groups is 2. The second-order valence-electron chi connectivity index (χ2n) is 10.4. The van der Waals surface area contributed by atoms with Gasteiger partial charge < -0.3 is 9.47 Å². The number of rotatable bonds is 8. The quantitative estimate of drug-likeness (QED) is 0.137. The van der Waals surface area contributed by atoms with Crippen LogP contribution >= 0.6 is 11.3 Å². The Balaban J connectivity index is 1.53. The third-order valence-electron chi connectivity index (χ3n) is 7.20. The molecule has 1 aliphatic rings. The lowest BCUT2D eigenvalue weighted by Gasteiger charge is -2.24. The first-order valence-corrected chi connectivity index (χ1v) is 15.0. The summed E-state index contributed by atoms with van der Waals surface area (Å²) in [6, 6.07) is 21.2. The number of carbonyl (C=O) groups excluding carboxylic acids is 2. The van der Waals surface area contributed by atoms with Crippen LogP contribution in [0.3, 0.4) is 0 Å². The number of thiazole rings is 1. The number of fused-ring (bicyclic) bond motifs is 1. The van der Waals surface area contributed by atoms with Gasteiger partial charge >= 0.3 is 11.9 Å². The molecule has 9 nitrogen and oxygen atoms in total. The van der Waals surface area contributed by atoms with E-state index in [1.807, 2.05) is 30.3 Å². The molecule has 0 saturated carbocycles.